The van der Waals surface area contributed by atoms with Gasteiger partial charge >= 0.3 is 0 Å². The molecule has 2 aromatic rings. The third-order valence-corrected chi connectivity index (χ3v) is 7.75. The van der Waals surface area contributed by atoms with Crippen LogP contribution in [0.3, 0.4) is 0 Å². The largest absolute Gasteiger partial charge is 0.454 e. The molecule has 2 atom stereocenters. The van der Waals surface area contributed by atoms with Crippen molar-refractivity contribution >= 4 is 5.91 Å². The Labute approximate surface area is 189 Å². The summed E-state index contributed by atoms with van der Waals surface area (Å²) < 4.78 is 13.2. The number of imidazole rings is 1. The SMILES string of the molecule is CC(C)n1cnc([C@@H]2CN(Cc3ccc4c(c3)OCO4)C[C@@]23CCN(CC2CC2)C3=O)c1. The molecule has 32 heavy (non-hydrogen) atoms. The van der Waals surface area contributed by atoms with Crippen molar-refractivity contribution in [1.29, 1.82) is 0 Å². The molecule has 1 amide bonds. The van der Waals surface area contributed by atoms with Crippen LogP contribution < -0.4 is 9.47 Å². The van der Waals surface area contributed by atoms with Gasteiger partial charge in [0.05, 0.1) is 17.4 Å². The Kier molecular flexibility index (Phi) is 4.72. The van der Waals surface area contributed by atoms with Gasteiger partial charge in [-0.05, 0) is 56.7 Å². The highest BCUT2D eigenvalue weighted by molar-refractivity contribution is 5.87. The number of ether oxygens (including phenoxy) is 2. The van der Waals surface area contributed by atoms with Crippen LogP contribution >= 0.6 is 0 Å². The number of rotatable bonds is 6. The number of hydrogen-bond donors (Lipinski definition) is 0. The number of nitrogens with zero attached hydrogens (tertiary/aromatic N) is 4. The molecule has 0 radical (unpaired) electrons. The molecule has 1 saturated carbocycles. The molecule has 4 aliphatic rings. The highest BCUT2D eigenvalue weighted by Gasteiger charge is 2.58. The Hall–Kier alpha value is -2.54. The topological polar surface area (TPSA) is 59.8 Å². The van der Waals surface area contributed by atoms with Crippen molar-refractivity contribution in [2.24, 2.45) is 11.3 Å². The lowest BCUT2D eigenvalue weighted by molar-refractivity contribution is -0.136. The fourth-order valence-corrected chi connectivity index (χ4v) is 5.73. The van der Waals surface area contributed by atoms with E-state index in [1.165, 1.54) is 18.4 Å². The number of hydrogen-bond acceptors (Lipinski definition) is 5. The molecule has 0 unspecified atom stereocenters. The Bertz CT molecular complexity index is 1030. The molecule has 3 aliphatic heterocycles. The molecule has 2 saturated heterocycles. The lowest BCUT2D eigenvalue weighted by Crippen LogP contribution is -2.40. The van der Waals surface area contributed by atoms with Crippen molar-refractivity contribution in [3.05, 3.63) is 42.0 Å². The molecule has 0 bridgehead atoms. The molecule has 3 fully saturated rings. The summed E-state index contributed by atoms with van der Waals surface area (Å²) in [5.74, 6) is 2.83. The molecular weight excluding hydrogens is 404 g/mol. The van der Waals surface area contributed by atoms with E-state index in [9.17, 15) is 4.79 Å². The van der Waals surface area contributed by atoms with Gasteiger partial charge in [-0.2, -0.15) is 0 Å². The van der Waals surface area contributed by atoms with E-state index >= 15 is 0 Å². The van der Waals surface area contributed by atoms with E-state index in [4.69, 9.17) is 14.5 Å². The average Bonchev–Trinajstić information content (AvgIpc) is 3.15. The van der Waals surface area contributed by atoms with E-state index in [1.807, 2.05) is 12.4 Å². The van der Waals surface area contributed by atoms with Gasteiger partial charge in [0.1, 0.15) is 0 Å². The predicted molar refractivity (Wildman–Crippen MR) is 120 cm³/mol. The molecule has 6 rings (SSSR count). The Morgan fingerprint density at radius 3 is 2.84 bits per heavy atom. The Morgan fingerprint density at radius 1 is 1.22 bits per heavy atom. The number of aromatic nitrogens is 2. The summed E-state index contributed by atoms with van der Waals surface area (Å²) in [4.78, 5) is 23.2. The van der Waals surface area contributed by atoms with E-state index in [2.05, 4.69) is 46.5 Å². The van der Waals surface area contributed by atoms with Crippen LogP contribution in [0, 0.1) is 11.3 Å². The molecule has 1 aromatic carbocycles. The smallest absolute Gasteiger partial charge is 0.231 e. The number of carbonyl (C=O) groups is 1. The molecule has 1 aliphatic carbocycles. The zero-order valence-electron chi connectivity index (χ0n) is 19.0. The third kappa shape index (κ3) is 3.38. The molecule has 4 heterocycles. The van der Waals surface area contributed by atoms with Gasteiger partial charge in [-0.15, -0.1) is 0 Å². The molecule has 1 aromatic heterocycles. The lowest BCUT2D eigenvalue weighted by atomic mass is 9.75. The summed E-state index contributed by atoms with van der Waals surface area (Å²) >= 11 is 0. The first-order valence-corrected chi connectivity index (χ1v) is 12.0. The van der Waals surface area contributed by atoms with E-state index in [-0.39, 0.29) is 18.1 Å². The lowest BCUT2D eigenvalue weighted by Gasteiger charge is -2.28. The maximum absolute atomic E-state index is 13.8. The van der Waals surface area contributed by atoms with Crippen LogP contribution in [0.4, 0.5) is 0 Å². The van der Waals surface area contributed by atoms with Crippen molar-refractivity contribution in [2.75, 3.05) is 33.0 Å². The summed E-state index contributed by atoms with van der Waals surface area (Å²) in [6.45, 7) is 8.89. The van der Waals surface area contributed by atoms with Gasteiger partial charge in [0, 0.05) is 50.9 Å². The van der Waals surface area contributed by atoms with Crippen molar-refractivity contribution in [3.8, 4) is 11.5 Å². The summed E-state index contributed by atoms with van der Waals surface area (Å²) in [6.07, 6.45) is 7.56. The normalized spacial score (nSPS) is 27.4. The van der Waals surface area contributed by atoms with Crippen molar-refractivity contribution in [3.63, 3.8) is 0 Å². The van der Waals surface area contributed by atoms with E-state index in [0.29, 0.717) is 11.9 Å². The van der Waals surface area contributed by atoms with Crippen LogP contribution in [0.25, 0.3) is 0 Å². The molecule has 1 spiro atoms. The van der Waals surface area contributed by atoms with E-state index < -0.39 is 0 Å². The van der Waals surface area contributed by atoms with E-state index in [1.54, 1.807) is 0 Å². The van der Waals surface area contributed by atoms with Crippen molar-refractivity contribution in [2.45, 2.75) is 51.6 Å². The number of fused-ring (bicyclic) bond motifs is 1. The van der Waals surface area contributed by atoms with Crippen LogP contribution in [0.2, 0.25) is 0 Å². The van der Waals surface area contributed by atoms with Crippen LogP contribution in [0.5, 0.6) is 11.5 Å². The summed E-state index contributed by atoms with van der Waals surface area (Å²) in [7, 11) is 0. The molecule has 7 heteroatoms. The minimum Gasteiger partial charge on any atom is -0.454 e. The zero-order chi connectivity index (χ0) is 21.9. The van der Waals surface area contributed by atoms with E-state index in [0.717, 1.165) is 62.3 Å². The van der Waals surface area contributed by atoms with Crippen LogP contribution in [-0.4, -0.2) is 58.2 Å². The van der Waals surface area contributed by atoms with Gasteiger partial charge in [0.2, 0.25) is 12.7 Å². The predicted octanol–water partition coefficient (Wildman–Crippen LogP) is 3.42. The average molecular weight is 437 g/mol. The maximum Gasteiger partial charge on any atom is 0.231 e. The number of carbonyl (C=O) groups excluding carboxylic acids is 1. The summed E-state index contributed by atoms with van der Waals surface area (Å²) in [5, 5.41) is 0. The number of amides is 1. The van der Waals surface area contributed by atoms with Gasteiger partial charge in [-0.25, -0.2) is 4.98 Å². The van der Waals surface area contributed by atoms with Gasteiger partial charge in [-0.3, -0.25) is 9.69 Å². The third-order valence-electron chi connectivity index (χ3n) is 7.75. The fourth-order valence-electron chi connectivity index (χ4n) is 5.73. The fraction of sp³-hybridized carbons (Fsp3) is 0.600. The maximum atomic E-state index is 13.8. The Morgan fingerprint density at radius 2 is 2.06 bits per heavy atom. The standard InChI is InChI=1S/C25H32N4O3/c1-17(2)29-13-21(26-15-29)20-12-27(10-19-5-6-22-23(9-19)32-16-31-22)14-25(20)7-8-28(24(25)30)11-18-3-4-18/h5-6,9,13,15,17-18,20H,3-4,7-8,10-12,14,16H2,1-2H3/t20-,25-/m0/s1. The van der Waals surface area contributed by atoms with Crippen LogP contribution in [-0.2, 0) is 11.3 Å². The minimum absolute atomic E-state index is 0.133. The van der Waals surface area contributed by atoms with Crippen LogP contribution in [0.15, 0.2) is 30.7 Å². The van der Waals surface area contributed by atoms with Gasteiger partial charge in [-0.1, -0.05) is 6.07 Å². The zero-order valence-corrected chi connectivity index (χ0v) is 19.0. The monoisotopic (exact) mass is 436 g/mol. The van der Waals surface area contributed by atoms with Gasteiger partial charge < -0.3 is 18.9 Å². The van der Waals surface area contributed by atoms with Crippen molar-refractivity contribution < 1.29 is 14.3 Å². The first kappa shape index (κ1) is 20.1. The molecule has 0 N–H and O–H groups in total. The highest BCUT2D eigenvalue weighted by Crippen LogP contribution is 2.50. The first-order chi connectivity index (χ1) is 15.5. The Balaban J connectivity index is 1.28. The second-order valence-corrected chi connectivity index (χ2v) is 10.4. The molecular formula is C25H32N4O3. The summed E-state index contributed by atoms with van der Waals surface area (Å²) in [5.41, 5.74) is 1.90. The molecule has 7 nitrogen and oxygen atoms in total. The van der Waals surface area contributed by atoms with Crippen molar-refractivity contribution in [1.82, 2.24) is 19.4 Å². The number of benzene rings is 1. The van der Waals surface area contributed by atoms with Crippen LogP contribution in [0.1, 0.15) is 56.3 Å². The second kappa shape index (κ2) is 7.51. The second-order valence-electron chi connectivity index (χ2n) is 10.4. The molecule has 170 valence electrons. The minimum atomic E-state index is -0.360. The first-order valence-electron chi connectivity index (χ1n) is 12.0. The quantitative estimate of drug-likeness (QED) is 0.695. The van der Waals surface area contributed by atoms with Gasteiger partial charge in [0.15, 0.2) is 11.5 Å². The highest BCUT2D eigenvalue weighted by atomic mass is 16.7. The van der Waals surface area contributed by atoms with Gasteiger partial charge in [0.25, 0.3) is 0 Å². The number of likely N-dealkylation sites (tertiary alicyclic amines) is 2. The summed E-state index contributed by atoms with van der Waals surface area (Å²) in [6, 6.07) is 6.54.